The van der Waals surface area contributed by atoms with Crippen LogP contribution in [0.5, 0.6) is 5.75 Å². The summed E-state index contributed by atoms with van der Waals surface area (Å²) in [5.41, 5.74) is 1.08. The van der Waals surface area contributed by atoms with E-state index in [1.54, 1.807) is 6.07 Å². The number of rotatable bonds is 4. The molecule has 3 heterocycles. The maximum Gasteiger partial charge on any atom is 0.336 e. The standard InChI is InChI=1S/C19H22N2O4/c1-2-12-9-19(23)25-17-10-13(3-4-14(12)17)24-11-18(22)21-8-6-15-16(21)5-7-20-15/h3-4,9-10,15-16,20H,2,5-8,11H2,1H3/t15-,16-/m0/s1. The van der Waals surface area contributed by atoms with E-state index < -0.39 is 0 Å². The maximum atomic E-state index is 12.5. The van der Waals surface area contributed by atoms with Gasteiger partial charge >= 0.3 is 5.63 Å². The highest BCUT2D eigenvalue weighted by molar-refractivity contribution is 5.82. The Morgan fingerprint density at radius 3 is 3.08 bits per heavy atom. The molecule has 1 N–H and O–H groups in total. The van der Waals surface area contributed by atoms with Crippen molar-refractivity contribution >= 4 is 16.9 Å². The highest BCUT2D eigenvalue weighted by atomic mass is 16.5. The molecule has 2 aliphatic rings. The molecular formula is C19H22N2O4. The van der Waals surface area contributed by atoms with Crippen LogP contribution in [0.2, 0.25) is 0 Å². The summed E-state index contributed by atoms with van der Waals surface area (Å²) < 4.78 is 10.9. The number of benzene rings is 1. The predicted octanol–water partition coefficient (Wildman–Crippen LogP) is 1.70. The van der Waals surface area contributed by atoms with Crippen LogP contribution in [0.1, 0.15) is 25.3 Å². The van der Waals surface area contributed by atoms with E-state index in [0.29, 0.717) is 23.4 Å². The number of ether oxygens (including phenoxy) is 1. The van der Waals surface area contributed by atoms with E-state index in [4.69, 9.17) is 9.15 Å². The van der Waals surface area contributed by atoms with Crippen molar-refractivity contribution in [2.24, 2.45) is 0 Å². The molecule has 2 saturated heterocycles. The molecule has 1 aromatic heterocycles. The molecule has 2 aromatic rings. The van der Waals surface area contributed by atoms with Crippen molar-refractivity contribution in [1.82, 2.24) is 10.2 Å². The first-order valence-corrected chi connectivity index (χ1v) is 8.88. The number of likely N-dealkylation sites (tertiary alicyclic amines) is 1. The molecule has 6 nitrogen and oxygen atoms in total. The summed E-state index contributed by atoms with van der Waals surface area (Å²) in [5, 5.41) is 4.34. The number of fused-ring (bicyclic) bond motifs is 2. The molecule has 25 heavy (non-hydrogen) atoms. The predicted molar refractivity (Wildman–Crippen MR) is 93.9 cm³/mol. The molecule has 0 bridgehead atoms. The van der Waals surface area contributed by atoms with Crippen molar-refractivity contribution in [3.63, 3.8) is 0 Å². The Kier molecular flexibility index (Phi) is 4.21. The lowest BCUT2D eigenvalue weighted by Gasteiger charge is -2.23. The number of hydrogen-bond acceptors (Lipinski definition) is 5. The lowest BCUT2D eigenvalue weighted by molar-refractivity contribution is -0.134. The largest absolute Gasteiger partial charge is 0.484 e. The van der Waals surface area contributed by atoms with Crippen molar-refractivity contribution < 1.29 is 13.9 Å². The molecule has 1 amide bonds. The first-order valence-electron chi connectivity index (χ1n) is 8.88. The van der Waals surface area contributed by atoms with E-state index in [0.717, 1.165) is 43.3 Å². The van der Waals surface area contributed by atoms with Gasteiger partial charge in [-0.2, -0.15) is 0 Å². The fourth-order valence-electron chi connectivity index (χ4n) is 4.00. The summed E-state index contributed by atoms with van der Waals surface area (Å²) in [6.45, 7) is 3.77. The average Bonchev–Trinajstić information content (AvgIpc) is 3.21. The Labute approximate surface area is 145 Å². The number of carbonyl (C=O) groups is 1. The van der Waals surface area contributed by atoms with Gasteiger partial charge in [0.25, 0.3) is 5.91 Å². The monoisotopic (exact) mass is 342 g/mol. The van der Waals surface area contributed by atoms with Crippen molar-refractivity contribution in [3.8, 4) is 5.75 Å². The minimum absolute atomic E-state index is 0.00638. The van der Waals surface area contributed by atoms with Crippen LogP contribution in [0.4, 0.5) is 0 Å². The molecule has 2 aliphatic heterocycles. The van der Waals surface area contributed by atoms with Crippen LogP contribution in [0.3, 0.4) is 0 Å². The lowest BCUT2D eigenvalue weighted by Crippen LogP contribution is -2.41. The van der Waals surface area contributed by atoms with Gasteiger partial charge in [0.1, 0.15) is 11.3 Å². The van der Waals surface area contributed by atoms with Crippen LogP contribution in [-0.4, -0.2) is 42.6 Å². The number of aryl methyl sites for hydroxylation is 1. The molecular weight excluding hydrogens is 320 g/mol. The zero-order chi connectivity index (χ0) is 17.4. The molecule has 0 unspecified atom stereocenters. The molecule has 4 rings (SSSR count). The van der Waals surface area contributed by atoms with Gasteiger partial charge in [0.05, 0.1) is 0 Å². The van der Waals surface area contributed by atoms with Crippen molar-refractivity contribution in [1.29, 1.82) is 0 Å². The van der Waals surface area contributed by atoms with Gasteiger partial charge in [-0.15, -0.1) is 0 Å². The molecule has 6 heteroatoms. The first kappa shape index (κ1) is 16.1. The smallest absolute Gasteiger partial charge is 0.336 e. The first-order chi connectivity index (χ1) is 12.2. The van der Waals surface area contributed by atoms with Crippen LogP contribution in [0.15, 0.2) is 33.5 Å². The molecule has 2 fully saturated rings. The van der Waals surface area contributed by atoms with Crippen molar-refractivity contribution in [2.75, 3.05) is 19.7 Å². The molecule has 0 saturated carbocycles. The fraction of sp³-hybridized carbons (Fsp3) is 0.474. The Hall–Kier alpha value is -2.34. The zero-order valence-corrected chi connectivity index (χ0v) is 14.3. The SMILES string of the molecule is CCc1cc(=O)oc2cc(OCC(=O)N3CC[C@@H]4NCC[C@@H]43)ccc12. The second-order valence-corrected chi connectivity index (χ2v) is 6.68. The van der Waals surface area contributed by atoms with Gasteiger partial charge in [0.2, 0.25) is 0 Å². The molecule has 0 aliphatic carbocycles. The van der Waals surface area contributed by atoms with E-state index in [9.17, 15) is 9.59 Å². The average molecular weight is 342 g/mol. The highest BCUT2D eigenvalue weighted by Gasteiger charge is 2.39. The second kappa shape index (κ2) is 6.52. The van der Waals surface area contributed by atoms with Gasteiger partial charge in [-0.05, 0) is 43.5 Å². The van der Waals surface area contributed by atoms with E-state index >= 15 is 0 Å². The third kappa shape index (κ3) is 3.02. The van der Waals surface area contributed by atoms with Crippen LogP contribution < -0.4 is 15.7 Å². The Morgan fingerprint density at radius 1 is 1.36 bits per heavy atom. The Bertz CT molecular complexity index is 860. The maximum absolute atomic E-state index is 12.5. The van der Waals surface area contributed by atoms with E-state index in [1.807, 2.05) is 24.0 Å². The van der Waals surface area contributed by atoms with E-state index in [-0.39, 0.29) is 18.1 Å². The summed E-state index contributed by atoms with van der Waals surface area (Å²) in [5.74, 6) is 0.553. The second-order valence-electron chi connectivity index (χ2n) is 6.68. The lowest BCUT2D eigenvalue weighted by atomic mass is 10.1. The number of hydrogen-bond donors (Lipinski definition) is 1. The third-order valence-corrected chi connectivity index (χ3v) is 5.26. The number of nitrogens with one attached hydrogen (secondary N) is 1. The van der Waals surface area contributed by atoms with Crippen LogP contribution in [0.25, 0.3) is 11.0 Å². The van der Waals surface area contributed by atoms with Gasteiger partial charge in [-0.1, -0.05) is 6.92 Å². The topological polar surface area (TPSA) is 71.8 Å². The van der Waals surface area contributed by atoms with Crippen molar-refractivity contribution in [3.05, 3.63) is 40.2 Å². The van der Waals surface area contributed by atoms with E-state index in [1.165, 1.54) is 6.07 Å². The summed E-state index contributed by atoms with van der Waals surface area (Å²) in [6.07, 6.45) is 2.78. The number of amides is 1. The Balaban J connectivity index is 1.47. The molecule has 1 aromatic carbocycles. The number of nitrogens with zero attached hydrogens (tertiary/aromatic N) is 1. The highest BCUT2D eigenvalue weighted by Crippen LogP contribution is 2.26. The normalized spacial score (nSPS) is 22.4. The Morgan fingerprint density at radius 2 is 2.24 bits per heavy atom. The van der Waals surface area contributed by atoms with E-state index in [2.05, 4.69) is 5.32 Å². The molecule has 2 atom stereocenters. The molecule has 0 spiro atoms. The fourth-order valence-corrected chi connectivity index (χ4v) is 4.00. The van der Waals surface area contributed by atoms with Crippen LogP contribution in [0, 0.1) is 0 Å². The summed E-state index contributed by atoms with van der Waals surface area (Å²) in [4.78, 5) is 26.1. The quantitative estimate of drug-likeness (QED) is 0.856. The molecule has 132 valence electrons. The minimum atomic E-state index is -0.366. The van der Waals surface area contributed by atoms with Gasteiger partial charge in [0.15, 0.2) is 6.61 Å². The summed E-state index contributed by atoms with van der Waals surface area (Å²) in [7, 11) is 0. The van der Waals surface area contributed by atoms with Gasteiger partial charge < -0.3 is 19.4 Å². The number of carbonyl (C=O) groups excluding carboxylic acids is 1. The van der Waals surface area contributed by atoms with Gasteiger partial charge in [0, 0.05) is 36.1 Å². The van der Waals surface area contributed by atoms with Crippen molar-refractivity contribution in [2.45, 2.75) is 38.3 Å². The van der Waals surface area contributed by atoms with Gasteiger partial charge in [-0.25, -0.2) is 4.79 Å². The summed E-state index contributed by atoms with van der Waals surface area (Å²) in [6, 6.07) is 7.64. The van der Waals surface area contributed by atoms with Crippen LogP contribution >= 0.6 is 0 Å². The zero-order valence-electron chi connectivity index (χ0n) is 14.3. The molecule has 0 radical (unpaired) electrons. The summed E-state index contributed by atoms with van der Waals surface area (Å²) >= 11 is 0. The van der Waals surface area contributed by atoms with Crippen LogP contribution in [-0.2, 0) is 11.2 Å². The third-order valence-electron chi connectivity index (χ3n) is 5.26. The minimum Gasteiger partial charge on any atom is -0.484 e. The van der Waals surface area contributed by atoms with Gasteiger partial charge in [-0.3, -0.25) is 4.79 Å².